The van der Waals surface area contributed by atoms with E-state index in [1.807, 2.05) is 54.6 Å². The topological polar surface area (TPSA) is 66.8 Å². The Balaban J connectivity index is 1.62. The molecule has 0 saturated heterocycles. The molecule has 2 unspecified atom stereocenters. The number of hydrogen-bond acceptors (Lipinski definition) is 3. The van der Waals surface area contributed by atoms with E-state index in [2.05, 4.69) is 0 Å². The molecule has 0 aromatic heterocycles. The Morgan fingerprint density at radius 2 is 1.68 bits per heavy atom. The first-order valence-corrected chi connectivity index (χ1v) is 10.3. The molecule has 0 bridgehead atoms. The molecule has 1 fully saturated rings. The molecule has 3 rings (SSSR count). The standard InChI is InChI=1S/C24H30O4/c25-23(20-12-5-2-6-13-20)21(24(26)27)16-15-19-11-7-8-14-22(19)28-17-18-9-3-1-4-10-18/h1,3-4,7-11,14,20-21,23,25H,2,5-6,12-13,15-17H2,(H,26,27). The van der Waals surface area contributed by atoms with E-state index in [0.29, 0.717) is 19.4 Å². The van der Waals surface area contributed by atoms with Gasteiger partial charge < -0.3 is 14.9 Å². The molecule has 0 amide bonds. The fourth-order valence-electron chi connectivity index (χ4n) is 4.14. The number of aliphatic carboxylic acids is 1. The van der Waals surface area contributed by atoms with Crippen LogP contribution in [0.15, 0.2) is 54.6 Å². The van der Waals surface area contributed by atoms with Gasteiger partial charge in [0.1, 0.15) is 12.4 Å². The van der Waals surface area contributed by atoms with Crippen molar-refractivity contribution < 1.29 is 19.7 Å². The SMILES string of the molecule is O=C(O)C(CCc1ccccc1OCc1ccccc1)C(O)C1CCCCC1. The quantitative estimate of drug-likeness (QED) is 0.651. The van der Waals surface area contributed by atoms with E-state index in [4.69, 9.17) is 4.74 Å². The number of carboxylic acids is 1. The lowest BCUT2D eigenvalue weighted by molar-refractivity contribution is -0.148. The van der Waals surface area contributed by atoms with E-state index >= 15 is 0 Å². The van der Waals surface area contributed by atoms with Crippen molar-refractivity contribution >= 4 is 5.97 Å². The Morgan fingerprint density at radius 3 is 2.39 bits per heavy atom. The lowest BCUT2D eigenvalue weighted by atomic mass is 9.79. The van der Waals surface area contributed by atoms with Crippen LogP contribution < -0.4 is 4.74 Å². The highest BCUT2D eigenvalue weighted by Gasteiger charge is 2.33. The van der Waals surface area contributed by atoms with Gasteiger partial charge in [-0.1, -0.05) is 67.8 Å². The van der Waals surface area contributed by atoms with Gasteiger partial charge in [0.2, 0.25) is 0 Å². The number of rotatable bonds is 9. The van der Waals surface area contributed by atoms with Crippen LogP contribution in [-0.2, 0) is 17.8 Å². The summed E-state index contributed by atoms with van der Waals surface area (Å²) in [4.78, 5) is 11.8. The molecule has 0 aliphatic heterocycles. The van der Waals surface area contributed by atoms with E-state index in [-0.39, 0.29) is 5.92 Å². The van der Waals surface area contributed by atoms with Crippen molar-refractivity contribution in [3.05, 3.63) is 65.7 Å². The fraction of sp³-hybridized carbons (Fsp3) is 0.458. The molecule has 150 valence electrons. The summed E-state index contributed by atoms with van der Waals surface area (Å²) in [6, 6.07) is 17.7. The van der Waals surface area contributed by atoms with Crippen molar-refractivity contribution in [2.24, 2.45) is 11.8 Å². The van der Waals surface area contributed by atoms with Gasteiger partial charge in [-0.25, -0.2) is 0 Å². The summed E-state index contributed by atoms with van der Waals surface area (Å²) in [7, 11) is 0. The van der Waals surface area contributed by atoms with Crippen LogP contribution in [-0.4, -0.2) is 22.3 Å². The maximum absolute atomic E-state index is 11.8. The number of benzene rings is 2. The van der Waals surface area contributed by atoms with Crippen LogP contribution in [0.5, 0.6) is 5.75 Å². The first-order valence-electron chi connectivity index (χ1n) is 10.3. The van der Waals surface area contributed by atoms with Crippen molar-refractivity contribution in [3.63, 3.8) is 0 Å². The van der Waals surface area contributed by atoms with Crippen LogP contribution in [0.2, 0.25) is 0 Å². The lowest BCUT2D eigenvalue weighted by Gasteiger charge is -2.30. The number of aryl methyl sites for hydroxylation is 1. The predicted octanol–water partition coefficient (Wildman–Crippen LogP) is 4.84. The molecule has 0 heterocycles. The number of hydrogen-bond donors (Lipinski definition) is 2. The van der Waals surface area contributed by atoms with Gasteiger partial charge in [-0.3, -0.25) is 4.79 Å². The van der Waals surface area contributed by atoms with Crippen molar-refractivity contribution in [1.82, 2.24) is 0 Å². The predicted molar refractivity (Wildman–Crippen MR) is 109 cm³/mol. The Kier molecular flexibility index (Phi) is 7.49. The number of aliphatic hydroxyl groups excluding tert-OH is 1. The maximum Gasteiger partial charge on any atom is 0.309 e. The number of carbonyl (C=O) groups is 1. The first kappa shape index (κ1) is 20.4. The van der Waals surface area contributed by atoms with Gasteiger partial charge in [0.05, 0.1) is 12.0 Å². The number of aliphatic hydroxyl groups is 1. The highest BCUT2D eigenvalue weighted by atomic mass is 16.5. The van der Waals surface area contributed by atoms with Crippen LogP contribution >= 0.6 is 0 Å². The largest absolute Gasteiger partial charge is 0.489 e. The molecule has 0 spiro atoms. The third kappa shape index (κ3) is 5.59. The van der Waals surface area contributed by atoms with Gasteiger partial charge in [0, 0.05) is 0 Å². The molecule has 1 aliphatic rings. The molecule has 2 N–H and O–H groups in total. The summed E-state index contributed by atoms with van der Waals surface area (Å²) in [6.45, 7) is 0.477. The highest BCUT2D eigenvalue weighted by Crippen LogP contribution is 2.32. The molecule has 1 saturated carbocycles. The zero-order valence-corrected chi connectivity index (χ0v) is 16.3. The van der Waals surface area contributed by atoms with E-state index < -0.39 is 18.0 Å². The van der Waals surface area contributed by atoms with Crippen LogP contribution in [0.4, 0.5) is 0 Å². The Morgan fingerprint density at radius 1 is 1.00 bits per heavy atom. The normalized spacial score (nSPS) is 17.0. The summed E-state index contributed by atoms with van der Waals surface area (Å²) in [5, 5.41) is 20.4. The first-order chi connectivity index (χ1) is 13.6. The number of para-hydroxylation sites is 1. The van der Waals surface area contributed by atoms with E-state index in [1.165, 1.54) is 6.42 Å². The van der Waals surface area contributed by atoms with Crippen LogP contribution in [0, 0.1) is 11.8 Å². The van der Waals surface area contributed by atoms with Gasteiger partial charge in [-0.15, -0.1) is 0 Å². The molecule has 2 aromatic carbocycles. The molecule has 4 nitrogen and oxygen atoms in total. The fourth-order valence-corrected chi connectivity index (χ4v) is 4.14. The maximum atomic E-state index is 11.8. The third-order valence-electron chi connectivity index (χ3n) is 5.80. The van der Waals surface area contributed by atoms with Crippen molar-refractivity contribution in [3.8, 4) is 5.75 Å². The summed E-state index contributed by atoms with van der Waals surface area (Å²) in [5.74, 6) is -0.742. The Labute approximate surface area is 167 Å². The molecule has 4 heteroatoms. The summed E-state index contributed by atoms with van der Waals surface area (Å²) in [6.07, 6.45) is 5.45. The second-order valence-corrected chi connectivity index (χ2v) is 7.75. The second kappa shape index (κ2) is 10.3. The minimum Gasteiger partial charge on any atom is -0.489 e. The second-order valence-electron chi connectivity index (χ2n) is 7.75. The van der Waals surface area contributed by atoms with Gasteiger partial charge in [0.25, 0.3) is 0 Å². The molecule has 28 heavy (non-hydrogen) atoms. The van der Waals surface area contributed by atoms with E-state index in [1.54, 1.807) is 0 Å². The van der Waals surface area contributed by atoms with Crippen LogP contribution in [0.3, 0.4) is 0 Å². The zero-order chi connectivity index (χ0) is 19.8. The van der Waals surface area contributed by atoms with Gasteiger partial charge >= 0.3 is 5.97 Å². The highest BCUT2D eigenvalue weighted by molar-refractivity contribution is 5.70. The minimum absolute atomic E-state index is 0.111. The van der Waals surface area contributed by atoms with Crippen molar-refractivity contribution in [2.45, 2.75) is 57.7 Å². The van der Waals surface area contributed by atoms with Crippen molar-refractivity contribution in [2.75, 3.05) is 0 Å². The molecule has 2 aromatic rings. The van der Waals surface area contributed by atoms with Gasteiger partial charge in [-0.05, 0) is 48.8 Å². The Bertz CT molecular complexity index is 737. The van der Waals surface area contributed by atoms with Crippen LogP contribution in [0.25, 0.3) is 0 Å². The molecule has 2 atom stereocenters. The van der Waals surface area contributed by atoms with E-state index in [9.17, 15) is 15.0 Å². The Hall–Kier alpha value is -2.33. The summed E-state index contributed by atoms with van der Waals surface area (Å²) in [5.41, 5.74) is 2.08. The monoisotopic (exact) mass is 382 g/mol. The molecular formula is C24H30O4. The average Bonchev–Trinajstić information content (AvgIpc) is 2.74. The molecule has 1 aliphatic carbocycles. The summed E-state index contributed by atoms with van der Waals surface area (Å²) >= 11 is 0. The van der Waals surface area contributed by atoms with Gasteiger partial charge in [0.15, 0.2) is 0 Å². The minimum atomic E-state index is -0.902. The average molecular weight is 383 g/mol. The number of carboxylic acid groups (broad SMARTS) is 1. The van der Waals surface area contributed by atoms with Gasteiger partial charge in [-0.2, -0.15) is 0 Å². The summed E-state index contributed by atoms with van der Waals surface area (Å²) < 4.78 is 5.98. The third-order valence-corrected chi connectivity index (χ3v) is 5.80. The zero-order valence-electron chi connectivity index (χ0n) is 16.3. The van der Waals surface area contributed by atoms with Crippen LogP contribution in [0.1, 0.15) is 49.7 Å². The smallest absolute Gasteiger partial charge is 0.309 e. The lowest BCUT2D eigenvalue weighted by Crippen LogP contribution is -2.35. The molecule has 0 radical (unpaired) electrons. The van der Waals surface area contributed by atoms with Crippen molar-refractivity contribution in [1.29, 1.82) is 0 Å². The van der Waals surface area contributed by atoms with E-state index in [0.717, 1.165) is 42.6 Å². The number of ether oxygens (including phenoxy) is 1. The molecular weight excluding hydrogens is 352 g/mol.